The van der Waals surface area contributed by atoms with Crippen LogP contribution < -0.4 is 5.32 Å². The Morgan fingerprint density at radius 2 is 1.96 bits per heavy atom. The van der Waals surface area contributed by atoms with Gasteiger partial charge in [0.25, 0.3) is 5.91 Å². The molecule has 1 aromatic heterocycles. The molecular weight excluding hydrogens is 338 g/mol. The third-order valence-corrected chi connectivity index (χ3v) is 5.38. The van der Waals surface area contributed by atoms with Crippen molar-refractivity contribution >= 4 is 11.8 Å². The average Bonchev–Trinajstić information content (AvgIpc) is 2.73. The lowest BCUT2D eigenvalue weighted by Crippen LogP contribution is -2.44. The maximum Gasteiger partial charge on any atom is 0.253 e. The Morgan fingerprint density at radius 3 is 2.67 bits per heavy atom. The van der Waals surface area contributed by atoms with Crippen LogP contribution in [0.5, 0.6) is 0 Å². The van der Waals surface area contributed by atoms with Crippen LogP contribution in [0.15, 0.2) is 54.9 Å². The molecule has 0 aliphatic carbocycles. The van der Waals surface area contributed by atoms with Crippen molar-refractivity contribution in [1.29, 1.82) is 0 Å². The Bertz CT molecular complexity index is 749. The molecule has 0 unspecified atom stereocenters. The second kappa shape index (κ2) is 9.31. The summed E-state index contributed by atoms with van der Waals surface area (Å²) < 4.78 is 0. The van der Waals surface area contributed by atoms with Crippen molar-refractivity contribution < 1.29 is 9.59 Å². The third kappa shape index (κ3) is 5.16. The predicted molar refractivity (Wildman–Crippen MR) is 105 cm³/mol. The lowest BCUT2D eigenvalue weighted by atomic mass is 9.81. The molecule has 0 radical (unpaired) electrons. The van der Waals surface area contributed by atoms with Crippen LogP contribution in [-0.4, -0.2) is 34.8 Å². The van der Waals surface area contributed by atoms with Crippen molar-refractivity contribution in [3.05, 3.63) is 66.0 Å². The van der Waals surface area contributed by atoms with E-state index in [0.29, 0.717) is 31.3 Å². The number of piperidine rings is 1. The van der Waals surface area contributed by atoms with Crippen LogP contribution in [0.25, 0.3) is 0 Å². The number of benzene rings is 1. The normalized spacial score (nSPS) is 19.5. The summed E-state index contributed by atoms with van der Waals surface area (Å²) in [5.41, 5.74) is 1.74. The van der Waals surface area contributed by atoms with Crippen molar-refractivity contribution in [3.63, 3.8) is 0 Å². The maximum atomic E-state index is 12.7. The monoisotopic (exact) mass is 365 g/mol. The fourth-order valence-electron chi connectivity index (χ4n) is 3.77. The van der Waals surface area contributed by atoms with Crippen LogP contribution in [-0.2, 0) is 11.3 Å². The van der Waals surface area contributed by atoms with Crippen LogP contribution in [0.2, 0.25) is 0 Å². The molecule has 0 saturated carbocycles. The number of nitrogens with zero attached hydrogens (tertiary/aromatic N) is 2. The molecule has 1 aliphatic rings. The van der Waals surface area contributed by atoms with Crippen molar-refractivity contribution in [2.45, 2.75) is 32.7 Å². The van der Waals surface area contributed by atoms with Crippen LogP contribution in [0, 0.1) is 11.8 Å². The smallest absolute Gasteiger partial charge is 0.253 e. The largest absolute Gasteiger partial charge is 0.352 e. The van der Waals surface area contributed by atoms with E-state index in [1.165, 1.54) is 0 Å². The number of rotatable bonds is 6. The number of carbonyl (C=O) groups excluding carboxylic acids is 2. The quantitative estimate of drug-likeness (QED) is 0.854. The van der Waals surface area contributed by atoms with Gasteiger partial charge in [0.15, 0.2) is 0 Å². The zero-order chi connectivity index (χ0) is 19.1. The molecule has 0 bridgehead atoms. The number of hydrogen-bond acceptors (Lipinski definition) is 3. The standard InChI is InChI=1S/C22H27N3O2/c1-2-18-16-25(22(27)19-8-4-3-5-9-19)12-10-20(18)13-21(26)24-15-17-7-6-11-23-14-17/h3-9,11,14,18,20H,2,10,12-13,15-16H2,1H3,(H,24,26)/t18-,20+/m1/s1. The molecule has 2 aromatic rings. The molecule has 3 rings (SSSR count). The molecule has 1 aromatic carbocycles. The minimum absolute atomic E-state index is 0.0742. The van der Waals surface area contributed by atoms with Crippen LogP contribution >= 0.6 is 0 Å². The SMILES string of the molecule is CC[C@@H]1CN(C(=O)c2ccccc2)CC[C@H]1CC(=O)NCc1cccnc1. The zero-order valence-corrected chi connectivity index (χ0v) is 15.8. The minimum Gasteiger partial charge on any atom is -0.352 e. The van der Waals surface area contributed by atoms with Crippen LogP contribution in [0.1, 0.15) is 42.1 Å². The van der Waals surface area contributed by atoms with E-state index in [-0.39, 0.29) is 11.8 Å². The van der Waals surface area contributed by atoms with E-state index < -0.39 is 0 Å². The summed E-state index contributed by atoms with van der Waals surface area (Å²) in [5.74, 6) is 0.845. The Kier molecular flexibility index (Phi) is 6.58. The van der Waals surface area contributed by atoms with Crippen molar-refractivity contribution in [3.8, 4) is 0 Å². The van der Waals surface area contributed by atoms with E-state index in [2.05, 4.69) is 17.2 Å². The first kappa shape index (κ1) is 19.1. The van der Waals surface area contributed by atoms with Gasteiger partial charge in [-0.05, 0) is 42.0 Å². The van der Waals surface area contributed by atoms with Gasteiger partial charge >= 0.3 is 0 Å². The van der Waals surface area contributed by atoms with Gasteiger partial charge in [0.2, 0.25) is 5.91 Å². The lowest BCUT2D eigenvalue weighted by Gasteiger charge is -2.38. The van der Waals surface area contributed by atoms with Crippen molar-refractivity contribution in [1.82, 2.24) is 15.2 Å². The molecule has 0 spiro atoms. The molecule has 27 heavy (non-hydrogen) atoms. The van der Waals surface area contributed by atoms with Gasteiger partial charge in [-0.3, -0.25) is 14.6 Å². The summed E-state index contributed by atoms with van der Waals surface area (Å²) in [6.45, 7) is 4.09. The van der Waals surface area contributed by atoms with Crippen LogP contribution in [0.4, 0.5) is 0 Å². The van der Waals surface area contributed by atoms with Gasteiger partial charge in [0.05, 0.1) is 0 Å². The minimum atomic E-state index is 0.0742. The molecule has 5 nitrogen and oxygen atoms in total. The summed E-state index contributed by atoms with van der Waals surface area (Å²) in [5, 5.41) is 2.99. The second-order valence-electron chi connectivity index (χ2n) is 7.18. The predicted octanol–water partition coefficient (Wildman–Crippen LogP) is 3.28. The molecule has 2 atom stereocenters. The van der Waals surface area contributed by atoms with Crippen molar-refractivity contribution in [2.75, 3.05) is 13.1 Å². The van der Waals surface area contributed by atoms with E-state index in [9.17, 15) is 9.59 Å². The Balaban J connectivity index is 1.52. The van der Waals surface area contributed by atoms with E-state index in [1.54, 1.807) is 12.4 Å². The highest BCUT2D eigenvalue weighted by atomic mass is 16.2. The van der Waals surface area contributed by atoms with Gasteiger partial charge in [0, 0.05) is 44.0 Å². The van der Waals surface area contributed by atoms with E-state index in [4.69, 9.17) is 0 Å². The second-order valence-corrected chi connectivity index (χ2v) is 7.18. The van der Waals surface area contributed by atoms with E-state index in [0.717, 1.165) is 30.5 Å². The number of pyridine rings is 1. The van der Waals surface area contributed by atoms with Gasteiger partial charge in [-0.2, -0.15) is 0 Å². The summed E-state index contributed by atoms with van der Waals surface area (Å²) in [7, 11) is 0. The molecule has 1 N–H and O–H groups in total. The highest BCUT2D eigenvalue weighted by Gasteiger charge is 2.31. The fourth-order valence-corrected chi connectivity index (χ4v) is 3.77. The first-order valence-electron chi connectivity index (χ1n) is 9.67. The third-order valence-electron chi connectivity index (χ3n) is 5.38. The Labute approximate surface area is 160 Å². The van der Waals surface area contributed by atoms with Gasteiger partial charge in [-0.1, -0.05) is 37.6 Å². The van der Waals surface area contributed by atoms with Gasteiger partial charge in [-0.15, -0.1) is 0 Å². The lowest BCUT2D eigenvalue weighted by molar-refractivity contribution is -0.123. The average molecular weight is 365 g/mol. The highest BCUT2D eigenvalue weighted by Crippen LogP contribution is 2.29. The topological polar surface area (TPSA) is 62.3 Å². The summed E-state index contributed by atoms with van der Waals surface area (Å²) in [6, 6.07) is 13.3. The van der Waals surface area contributed by atoms with Gasteiger partial charge < -0.3 is 10.2 Å². The number of carbonyl (C=O) groups is 2. The van der Waals surface area contributed by atoms with E-state index in [1.807, 2.05) is 47.4 Å². The number of nitrogens with one attached hydrogen (secondary N) is 1. The summed E-state index contributed by atoms with van der Waals surface area (Å²) in [4.78, 5) is 31.1. The zero-order valence-electron chi connectivity index (χ0n) is 15.8. The van der Waals surface area contributed by atoms with Crippen LogP contribution in [0.3, 0.4) is 0 Å². The first-order valence-corrected chi connectivity index (χ1v) is 9.67. The summed E-state index contributed by atoms with van der Waals surface area (Å²) >= 11 is 0. The molecule has 5 heteroatoms. The molecule has 1 fully saturated rings. The Hall–Kier alpha value is -2.69. The number of amides is 2. The highest BCUT2D eigenvalue weighted by molar-refractivity contribution is 5.94. The number of likely N-dealkylation sites (tertiary alicyclic amines) is 1. The van der Waals surface area contributed by atoms with Gasteiger partial charge in [-0.25, -0.2) is 0 Å². The number of aromatic nitrogens is 1. The number of hydrogen-bond donors (Lipinski definition) is 1. The molecule has 1 saturated heterocycles. The van der Waals surface area contributed by atoms with Gasteiger partial charge in [0.1, 0.15) is 0 Å². The van der Waals surface area contributed by atoms with Crippen molar-refractivity contribution in [2.24, 2.45) is 11.8 Å². The Morgan fingerprint density at radius 1 is 1.15 bits per heavy atom. The molecular formula is C22H27N3O2. The molecule has 1 aliphatic heterocycles. The molecule has 142 valence electrons. The maximum absolute atomic E-state index is 12.7. The first-order chi connectivity index (χ1) is 13.2. The molecule has 2 amide bonds. The van der Waals surface area contributed by atoms with E-state index >= 15 is 0 Å². The fraction of sp³-hybridized carbons (Fsp3) is 0.409. The molecule has 2 heterocycles. The summed E-state index contributed by atoms with van der Waals surface area (Å²) in [6.07, 6.45) is 5.85.